The predicted octanol–water partition coefficient (Wildman–Crippen LogP) is 4.63. The van der Waals surface area contributed by atoms with Crippen LogP contribution in [0.4, 0.5) is 20.2 Å². The first kappa shape index (κ1) is 20.5. The van der Waals surface area contributed by atoms with E-state index in [1.165, 1.54) is 43.3 Å². The Balaban J connectivity index is 1.91. The minimum atomic E-state index is -4.05. The van der Waals surface area contributed by atoms with Gasteiger partial charge in [0.25, 0.3) is 15.9 Å². The fraction of sp³-hybridized carbons (Fsp3) is 0.0952. The molecule has 0 saturated carbocycles. The molecular weight excluding hydrogens is 398 g/mol. The molecule has 0 aliphatic carbocycles. The van der Waals surface area contributed by atoms with Crippen molar-refractivity contribution in [1.29, 1.82) is 0 Å². The summed E-state index contributed by atoms with van der Waals surface area (Å²) in [5, 5.41) is 2.59. The van der Waals surface area contributed by atoms with E-state index in [1.54, 1.807) is 19.1 Å². The molecule has 0 saturated heterocycles. The summed E-state index contributed by atoms with van der Waals surface area (Å²) in [6.07, 6.45) is 0. The van der Waals surface area contributed by atoms with Crippen LogP contribution < -0.4 is 10.0 Å². The van der Waals surface area contributed by atoms with Crippen LogP contribution in [0.5, 0.6) is 0 Å². The summed E-state index contributed by atoms with van der Waals surface area (Å²) in [4.78, 5) is 12.6. The first-order chi connectivity index (χ1) is 13.7. The van der Waals surface area contributed by atoms with Gasteiger partial charge in [0.15, 0.2) is 0 Å². The van der Waals surface area contributed by atoms with Crippen molar-refractivity contribution in [1.82, 2.24) is 0 Å². The number of aryl methyl sites for hydroxylation is 2. The van der Waals surface area contributed by atoms with Crippen molar-refractivity contribution in [3.63, 3.8) is 0 Å². The average Bonchev–Trinajstić information content (AvgIpc) is 2.67. The molecule has 0 bridgehead atoms. The molecule has 0 spiro atoms. The lowest BCUT2D eigenvalue weighted by atomic mass is 10.1. The van der Waals surface area contributed by atoms with Crippen molar-refractivity contribution in [2.75, 3.05) is 10.0 Å². The zero-order valence-corrected chi connectivity index (χ0v) is 16.5. The molecule has 0 aliphatic rings. The van der Waals surface area contributed by atoms with Gasteiger partial charge in [0, 0.05) is 5.69 Å². The molecule has 29 heavy (non-hydrogen) atoms. The molecule has 0 aromatic heterocycles. The van der Waals surface area contributed by atoms with Gasteiger partial charge in [0.1, 0.15) is 11.6 Å². The van der Waals surface area contributed by atoms with Crippen molar-refractivity contribution < 1.29 is 22.0 Å². The quantitative estimate of drug-likeness (QED) is 0.637. The van der Waals surface area contributed by atoms with Crippen LogP contribution >= 0.6 is 0 Å². The topological polar surface area (TPSA) is 75.3 Å². The number of carbonyl (C=O) groups is 1. The molecular formula is C21H18F2N2O3S. The summed E-state index contributed by atoms with van der Waals surface area (Å²) in [5.41, 5.74) is 1.21. The second-order valence-corrected chi connectivity index (χ2v) is 8.16. The van der Waals surface area contributed by atoms with Crippen molar-refractivity contribution >= 4 is 27.3 Å². The van der Waals surface area contributed by atoms with Gasteiger partial charge in [0.05, 0.1) is 16.1 Å². The highest BCUT2D eigenvalue weighted by atomic mass is 32.2. The molecule has 3 rings (SSSR count). The van der Waals surface area contributed by atoms with E-state index >= 15 is 0 Å². The molecule has 2 N–H and O–H groups in total. The number of anilines is 2. The molecule has 0 aliphatic heterocycles. The van der Waals surface area contributed by atoms with Gasteiger partial charge in [-0.1, -0.05) is 18.2 Å². The first-order valence-corrected chi connectivity index (χ1v) is 10.1. The molecule has 3 aromatic rings. The standard InChI is InChI=1S/C21H18F2N2O3S/c1-13-7-8-15(22)12-20(13)24-21(26)17-5-3-4-6-19(17)25-29(27,28)16-9-10-18(23)14(2)11-16/h3-12,25H,1-2H3,(H,24,26). The van der Waals surface area contributed by atoms with E-state index in [0.717, 1.165) is 12.1 Å². The van der Waals surface area contributed by atoms with Crippen molar-refractivity contribution in [3.05, 3.63) is 89.0 Å². The molecule has 0 atom stereocenters. The number of hydrogen-bond acceptors (Lipinski definition) is 3. The third-order valence-electron chi connectivity index (χ3n) is 4.30. The Hall–Kier alpha value is -3.26. The van der Waals surface area contributed by atoms with E-state index in [0.29, 0.717) is 5.56 Å². The first-order valence-electron chi connectivity index (χ1n) is 8.63. The largest absolute Gasteiger partial charge is 0.322 e. The lowest BCUT2D eigenvalue weighted by molar-refractivity contribution is 0.102. The molecule has 0 heterocycles. The normalized spacial score (nSPS) is 11.2. The second-order valence-electron chi connectivity index (χ2n) is 6.48. The SMILES string of the molecule is Cc1cc(S(=O)(=O)Nc2ccccc2C(=O)Nc2cc(F)ccc2C)ccc1F. The van der Waals surface area contributed by atoms with Crippen LogP contribution in [0.15, 0.2) is 65.6 Å². The fourth-order valence-electron chi connectivity index (χ4n) is 2.68. The summed E-state index contributed by atoms with van der Waals surface area (Å²) < 4.78 is 54.7. The van der Waals surface area contributed by atoms with Crippen LogP contribution in [-0.2, 0) is 10.0 Å². The van der Waals surface area contributed by atoms with Crippen LogP contribution in [0.2, 0.25) is 0 Å². The van der Waals surface area contributed by atoms with Gasteiger partial charge in [-0.2, -0.15) is 0 Å². The van der Waals surface area contributed by atoms with Crippen LogP contribution in [0, 0.1) is 25.5 Å². The number of benzene rings is 3. The Kier molecular flexibility index (Phi) is 5.65. The Morgan fingerprint density at radius 1 is 0.862 bits per heavy atom. The smallest absolute Gasteiger partial charge is 0.261 e. The van der Waals surface area contributed by atoms with Gasteiger partial charge in [-0.3, -0.25) is 9.52 Å². The molecule has 8 heteroatoms. The zero-order chi connectivity index (χ0) is 21.2. The van der Waals surface area contributed by atoms with E-state index in [9.17, 15) is 22.0 Å². The highest BCUT2D eigenvalue weighted by Crippen LogP contribution is 2.23. The molecule has 0 radical (unpaired) electrons. The molecule has 5 nitrogen and oxygen atoms in total. The summed E-state index contributed by atoms with van der Waals surface area (Å²) in [5.74, 6) is -1.63. The lowest BCUT2D eigenvalue weighted by Crippen LogP contribution is -2.19. The monoisotopic (exact) mass is 416 g/mol. The lowest BCUT2D eigenvalue weighted by Gasteiger charge is -2.14. The van der Waals surface area contributed by atoms with E-state index in [2.05, 4.69) is 10.0 Å². The Bertz CT molecular complexity index is 1190. The van der Waals surface area contributed by atoms with Gasteiger partial charge in [-0.15, -0.1) is 0 Å². The fourth-order valence-corrected chi connectivity index (χ4v) is 3.84. The van der Waals surface area contributed by atoms with E-state index in [1.807, 2.05) is 0 Å². The molecule has 3 aromatic carbocycles. The van der Waals surface area contributed by atoms with Crippen molar-refractivity contribution in [2.24, 2.45) is 0 Å². The second kappa shape index (κ2) is 8.00. The number of carbonyl (C=O) groups excluding carboxylic acids is 1. The number of amides is 1. The van der Waals surface area contributed by atoms with E-state index < -0.39 is 27.6 Å². The van der Waals surface area contributed by atoms with Gasteiger partial charge in [-0.25, -0.2) is 17.2 Å². The van der Waals surface area contributed by atoms with Crippen molar-refractivity contribution in [2.45, 2.75) is 18.7 Å². The van der Waals surface area contributed by atoms with Crippen molar-refractivity contribution in [3.8, 4) is 0 Å². The maximum absolute atomic E-state index is 13.5. The third kappa shape index (κ3) is 4.60. The summed E-state index contributed by atoms with van der Waals surface area (Å²) in [6, 6.07) is 13.4. The van der Waals surface area contributed by atoms with Gasteiger partial charge < -0.3 is 5.32 Å². The number of hydrogen-bond donors (Lipinski definition) is 2. The van der Waals surface area contributed by atoms with E-state index in [4.69, 9.17) is 0 Å². The van der Waals surface area contributed by atoms with Gasteiger partial charge >= 0.3 is 0 Å². The summed E-state index contributed by atoms with van der Waals surface area (Å²) >= 11 is 0. The van der Waals surface area contributed by atoms with Gasteiger partial charge in [-0.05, 0) is 67.4 Å². The van der Waals surface area contributed by atoms with Crippen LogP contribution in [0.3, 0.4) is 0 Å². The zero-order valence-electron chi connectivity index (χ0n) is 15.7. The van der Waals surface area contributed by atoms with Gasteiger partial charge in [0.2, 0.25) is 0 Å². The number of halogens is 2. The predicted molar refractivity (Wildman–Crippen MR) is 107 cm³/mol. The number of nitrogens with one attached hydrogen (secondary N) is 2. The summed E-state index contributed by atoms with van der Waals surface area (Å²) in [6.45, 7) is 3.16. The highest BCUT2D eigenvalue weighted by molar-refractivity contribution is 7.92. The molecule has 0 fully saturated rings. The number of para-hydroxylation sites is 1. The maximum atomic E-state index is 13.5. The highest BCUT2D eigenvalue weighted by Gasteiger charge is 2.20. The van der Waals surface area contributed by atoms with E-state index in [-0.39, 0.29) is 27.4 Å². The number of sulfonamides is 1. The van der Waals surface area contributed by atoms with Crippen LogP contribution in [0.1, 0.15) is 21.5 Å². The average molecular weight is 416 g/mol. The van der Waals surface area contributed by atoms with Crippen LogP contribution in [-0.4, -0.2) is 14.3 Å². The third-order valence-corrected chi connectivity index (χ3v) is 5.67. The number of rotatable bonds is 5. The maximum Gasteiger partial charge on any atom is 0.261 e. The summed E-state index contributed by atoms with van der Waals surface area (Å²) in [7, 11) is -4.05. The Labute approximate surface area is 167 Å². The Morgan fingerprint density at radius 2 is 1.59 bits per heavy atom. The minimum absolute atomic E-state index is 0.0426. The molecule has 0 unspecified atom stereocenters. The molecule has 1 amide bonds. The molecule has 150 valence electrons. The Morgan fingerprint density at radius 3 is 2.31 bits per heavy atom. The van der Waals surface area contributed by atoms with Crippen LogP contribution in [0.25, 0.3) is 0 Å². The minimum Gasteiger partial charge on any atom is -0.322 e.